The number of nitrogens with one attached hydrogen (secondary N) is 1. The van der Waals surface area contributed by atoms with E-state index in [1.807, 2.05) is 11.9 Å². The smallest absolute Gasteiger partial charge is 0.225 e. The summed E-state index contributed by atoms with van der Waals surface area (Å²) in [5, 5.41) is 3.32. The third kappa shape index (κ3) is 2.61. The van der Waals surface area contributed by atoms with Gasteiger partial charge in [0.05, 0.1) is 0 Å². The van der Waals surface area contributed by atoms with Crippen LogP contribution in [0.2, 0.25) is 0 Å². The van der Waals surface area contributed by atoms with Crippen molar-refractivity contribution in [1.29, 1.82) is 0 Å². The Balaban J connectivity index is 0.000000980. The molecule has 1 heterocycles. The highest BCUT2D eigenvalue weighted by atomic mass is 35.5. The zero-order chi connectivity index (χ0) is 9.26. The minimum atomic E-state index is 0. The fourth-order valence-electron chi connectivity index (χ4n) is 1.99. The zero-order valence-electron chi connectivity index (χ0n) is 8.66. The second kappa shape index (κ2) is 4.99. The molecule has 0 bridgehead atoms. The SMILES string of the molecule is CN(C(=O)C1CC1)C1CCNCC1.Cl. The van der Waals surface area contributed by atoms with Gasteiger partial charge in [-0.25, -0.2) is 0 Å². The summed E-state index contributed by atoms with van der Waals surface area (Å²) in [5.41, 5.74) is 0. The van der Waals surface area contributed by atoms with E-state index in [-0.39, 0.29) is 12.4 Å². The van der Waals surface area contributed by atoms with Crippen LogP contribution in [0.5, 0.6) is 0 Å². The molecule has 0 spiro atoms. The van der Waals surface area contributed by atoms with Crippen LogP contribution in [0.15, 0.2) is 0 Å². The van der Waals surface area contributed by atoms with E-state index in [9.17, 15) is 4.79 Å². The van der Waals surface area contributed by atoms with Gasteiger partial charge in [0, 0.05) is 19.0 Å². The van der Waals surface area contributed by atoms with Crippen molar-refractivity contribution >= 4 is 18.3 Å². The van der Waals surface area contributed by atoms with Crippen LogP contribution in [0, 0.1) is 5.92 Å². The van der Waals surface area contributed by atoms with Gasteiger partial charge in [0.25, 0.3) is 0 Å². The van der Waals surface area contributed by atoms with Gasteiger partial charge in [0.15, 0.2) is 0 Å². The quantitative estimate of drug-likeness (QED) is 0.751. The number of halogens is 1. The molecule has 82 valence electrons. The Bertz CT molecular complexity index is 200. The molecule has 0 radical (unpaired) electrons. The summed E-state index contributed by atoms with van der Waals surface area (Å²) >= 11 is 0. The van der Waals surface area contributed by atoms with Gasteiger partial charge >= 0.3 is 0 Å². The average molecular weight is 219 g/mol. The highest BCUT2D eigenvalue weighted by molar-refractivity contribution is 5.85. The maximum absolute atomic E-state index is 11.7. The van der Waals surface area contributed by atoms with Gasteiger partial charge in [-0.1, -0.05) is 0 Å². The van der Waals surface area contributed by atoms with Gasteiger partial charge in [-0.15, -0.1) is 12.4 Å². The summed E-state index contributed by atoms with van der Waals surface area (Å²) in [6, 6.07) is 0.495. The molecular weight excluding hydrogens is 200 g/mol. The van der Waals surface area contributed by atoms with Crippen molar-refractivity contribution in [2.75, 3.05) is 20.1 Å². The molecule has 14 heavy (non-hydrogen) atoms. The van der Waals surface area contributed by atoms with Gasteiger partial charge in [-0.3, -0.25) is 4.79 Å². The van der Waals surface area contributed by atoms with Crippen molar-refractivity contribution in [3.8, 4) is 0 Å². The third-order valence-electron chi connectivity index (χ3n) is 3.13. The standard InChI is InChI=1S/C10H18N2O.ClH/c1-12(10(13)8-2-3-8)9-4-6-11-7-5-9;/h8-9,11H,2-7H2,1H3;1H. The number of amides is 1. The Morgan fingerprint density at radius 1 is 1.21 bits per heavy atom. The highest BCUT2D eigenvalue weighted by Crippen LogP contribution is 2.31. The molecule has 0 unspecified atom stereocenters. The molecule has 2 aliphatic rings. The summed E-state index contributed by atoms with van der Waals surface area (Å²) in [7, 11) is 1.97. The first-order valence-electron chi connectivity index (χ1n) is 5.26. The van der Waals surface area contributed by atoms with Crippen molar-refractivity contribution < 1.29 is 4.79 Å². The van der Waals surface area contributed by atoms with Crippen LogP contribution in [0.1, 0.15) is 25.7 Å². The molecule has 1 saturated heterocycles. The predicted octanol–water partition coefficient (Wildman–Crippen LogP) is 1.03. The van der Waals surface area contributed by atoms with Crippen molar-refractivity contribution in [3.63, 3.8) is 0 Å². The number of rotatable bonds is 2. The highest BCUT2D eigenvalue weighted by Gasteiger charge is 2.34. The van der Waals surface area contributed by atoms with Crippen LogP contribution in [0.3, 0.4) is 0 Å². The predicted molar refractivity (Wildman–Crippen MR) is 58.6 cm³/mol. The number of hydrogen-bond acceptors (Lipinski definition) is 2. The number of hydrogen-bond donors (Lipinski definition) is 1. The monoisotopic (exact) mass is 218 g/mol. The molecule has 0 aromatic heterocycles. The minimum absolute atomic E-state index is 0. The lowest BCUT2D eigenvalue weighted by Crippen LogP contribution is -2.44. The van der Waals surface area contributed by atoms with Gasteiger partial charge < -0.3 is 10.2 Å². The van der Waals surface area contributed by atoms with Crippen LogP contribution in [-0.2, 0) is 4.79 Å². The van der Waals surface area contributed by atoms with Crippen molar-refractivity contribution in [1.82, 2.24) is 10.2 Å². The molecule has 1 N–H and O–H groups in total. The third-order valence-corrected chi connectivity index (χ3v) is 3.13. The van der Waals surface area contributed by atoms with Gasteiger partial charge in [-0.05, 0) is 38.8 Å². The Hall–Kier alpha value is -0.280. The molecule has 3 nitrogen and oxygen atoms in total. The summed E-state index contributed by atoms with van der Waals surface area (Å²) in [4.78, 5) is 13.7. The Morgan fingerprint density at radius 3 is 2.29 bits per heavy atom. The fourth-order valence-corrected chi connectivity index (χ4v) is 1.99. The Labute approximate surface area is 91.6 Å². The molecule has 2 fully saturated rings. The molecule has 0 aromatic rings. The second-order valence-corrected chi connectivity index (χ2v) is 4.20. The van der Waals surface area contributed by atoms with Crippen LogP contribution < -0.4 is 5.32 Å². The maximum Gasteiger partial charge on any atom is 0.225 e. The molecule has 1 aliphatic heterocycles. The second-order valence-electron chi connectivity index (χ2n) is 4.20. The molecule has 1 saturated carbocycles. The van der Waals surface area contributed by atoms with Crippen LogP contribution in [0.4, 0.5) is 0 Å². The zero-order valence-corrected chi connectivity index (χ0v) is 9.48. The number of piperidine rings is 1. The first kappa shape index (κ1) is 11.8. The number of nitrogens with zero attached hydrogens (tertiary/aromatic N) is 1. The molecular formula is C10H19ClN2O. The summed E-state index contributed by atoms with van der Waals surface area (Å²) in [6.07, 6.45) is 4.48. The lowest BCUT2D eigenvalue weighted by atomic mass is 10.1. The summed E-state index contributed by atoms with van der Waals surface area (Å²) in [6.45, 7) is 2.12. The lowest BCUT2D eigenvalue weighted by Gasteiger charge is -2.31. The average Bonchev–Trinajstić information content (AvgIpc) is 3.00. The Morgan fingerprint density at radius 2 is 1.79 bits per heavy atom. The normalized spacial score (nSPS) is 22.6. The first-order valence-corrected chi connectivity index (χ1v) is 5.26. The van der Waals surface area contributed by atoms with Crippen LogP contribution in [-0.4, -0.2) is 37.0 Å². The van der Waals surface area contributed by atoms with E-state index in [2.05, 4.69) is 5.32 Å². The van der Waals surface area contributed by atoms with Crippen molar-refractivity contribution in [3.05, 3.63) is 0 Å². The summed E-state index contributed by atoms with van der Waals surface area (Å²) < 4.78 is 0. The largest absolute Gasteiger partial charge is 0.342 e. The van der Waals surface area contributed by atoms with E-state index in [0.29, 0.717) is 17.9 Å². The van der Waals surface area contributed by atoms with E-state index >= 15 is 0 Å². The number of carbonyl (C=O) groups excluding carboxylic acids is 1. The van der Waals surface area contributed by atoms with E-state index in [1.165, 1.54) is 0 Å². The fraction of sp³-hybridized carbons (Fsp3) is 0.900. The molecule has 0 aromatic carbocycles. The summed E-state index contributed by atoms with van der Waals surface area (Å²) in [5.74, 6) is 0.756. The van der Waals surface area contributed by atoms with Gasteiger partial charge in [0.1, 0.15) is 0 Å². The molecule has 4 heteroatoms. The first-order chi connectivity index (χ1) is 6.29. The number of carbonyl (C=O) groups is 1. The van der Waals surface area contributed by atoms with Crippen molar-refractivity contribution in [2.45, 2.75) is 31.7 Å². The lowest BCUT2D eigenvalue weighted by molar-refractivity contribution is -0.133. The van der Waals surface area contributed by atoms with Gasteiger partial charge in [0.2, 0.25) is 5.91 Å². The van der Waals surface area contributed by atoms with Gasteiger partial charge in [-0.2, -0.15) is 0 Å². The van der Waals surface area contributed by atoms with Crippen LogP contribution >= 0.6 is 12.4 Å². The minimum Gasteiger partial charge on any atom is -0.342 e. The Kier molecular flexibility index (Phi) is 4.20. The van der Waals surface area contributed by atoms with E-state index in [0.717, 1.165) is 38.8 Å². The van der Waals surface area contributed by atoms with E-state index in [4.69, 9.17) is 0 Å². The maximum atomic E-state index is 11.7. The van der Waals surface area contributed by atoms with E-state index < -0.39 is 0 Å². The van der Waals surface area contributed by atoms with E-state index in [1.54, 1.807) is 0 Å². The molecule has 1 amide bonds. The topological polar surface area (TPSA) is 32.3 Å². The molecule has 0 atom stereocenters. The van der Waals surface area contributed by atoms with Crippen molar-refractivity contribution in [2.24, 2.45) is 5.92 Å². The van der Waals surface area contributed by atoms with Crippen LogP contribution in [0.25, 0.3) is 0 Å². The molecule has 2 rings (SSSR count). The molecule has 1 aliphatic carbocycles.